The Hall–Kier alpha value is -1.15. The standard InChI is InChI=1S/C12H14O2/c1-8(2)9-3-5-10(6-4-9)12-11(13)7-14-12/h3-6,8,12H,7H2,1-2H3. The summed E-state index contributed by atoms with van der Waals surface area (Å²) >= 11 is 0. The minimum Gasteiger partial charge on any atom is -0.358 e. The van der Waals surface area contributed by atoms with Crippen LogP contribution >= 0.6 is 0 Å². The molecular formula is C12H14O2. The quantitative estimate of drug-likeness (QED) is 0.716. The molecule has 2 heteroatoms. The van der Waals surface area contributed by atoms with Crippen LogP contribution in [-0.2, 0) is 9.53 Å². The van der Waals surface area contributed by atoms with Gasteiger partial charge in [0.2, 0.25) is 0 Å². The summed E-state index contributed by atoms with van der Waals surface area (Å²) in [6.07, 6.45) is -0.295. The normalized spacial score (nSPS) is 21.1. The van der Waals surface area contributed by atoms with Crippen LogP contribution in [0.25, 0.3) is 0 Å². The van der Waals surface area contributed by atoms with E-state index in [1.807, 2.05) is 12.1 Å². The molecule has 0 saturated carbocycles. The van der Waals surface area contributed by atoms with E-state index in [-0.39, 0.29) is 18.5 Å². The van der Waals surface area contributed by atoms with Gasteiger partial charge in [0, 0.05) is 0 Å². The van der Waals surface area contributed by atoms with E-state index in [9.17, 15) is 4.79 Å². The first kappa shape index (κ1) is 9.41. The van der Waals surface area contributed by atoms with Crippen LogP contribution in [0.5, 0.6) is 0 Å². The number of hydrogen-bond donors (Lipinski definition) is 0. The highest BCUT2D eigenvalue weighted by Gasteiger charge is 2.30. The molecule has 1 aliphatic heterocycles. The number of benzene rings is 1. The van der Waals surface area contributed by atoms with Gasteiger partial charge in [-0.2, -0.15) is 0 Å². The maximum absolute atomic E-state index is 11.1. The van der Waals surface area contributed by atoms with Crippen LogP contribution in [0.1, 0.15) is 37.0 Å². The minimum atomic E-state index is -0.295. The molecule has 1 unspecified atom stereocenters. The minimum absolute atomic E-state index is 0.183. The predicted octanol–water partition coefficient (Wildman–Crippen LogP) is 2.45. The van der Waals surface area contributed by atoms with Gasteiger partial charge in [0.25, 0.3) is 0 Å². The molecule has 0 aromatic heterocycles. The predicted molar refractivity (Wildman–Crippen MR) is 54.2 cm³/mol. The van der Waals surface area contributed by atoms with Gasteiger partial charge < -0.3 is 4.74 Å². The maximum atomic E-state index is 11.1. The SMILES string of the molecule is CC(C)c1ccc(C2OCC2=O)cc1. The third-order valence-electron chi connectivity index (χ3n) is 2.59. The van der Waals surface area contributed by atoms with Crippen molar-refractivity contribution in [3.63, 3.8) is 0 Å². The van der Waals surface area contributed by atoms with E-state index in [0.29, 0.717) is 5.92 Å². The lowest BCUT2D eigenvalue weighted by Crippen LogP contribution is -2.32. The van der Waals surface area contributed by atoms with E-state index in [4.69, 9.17) is 4.74 Å². The van der Waals surface area contributed by atoms with Gasteiger partial charge in [-0.15, -0.1) is 0 Å². The van der Waals surface area contributed by atoms with Gasteiger partial charge in [-0.05, 0) is 17.0 Å². The topological polar surface area (TPSA) is 26.3 Å². The molecule has 0 N–H and O–H groups in total. The van der Waals surface area contributed by atoms with Crippen LogP contribution in [0.3, 0.4) is 0 Å². The second-order valence-corrected chi connectivity index (χ2v) is 3.98. The second-order valence-electron chi connectivity index (χ2n) is 3.98. The molecule has 0 aliphatic carbocycles. The molecule has 1 saturated heterocycles. The number of rotatable bonds is 2. The Kier molecular flexibility index (Phi) is 2.38. The first-order chi connectivity index (χ1) is 6.68. The number of ketones is 1. The van der Waals surface area contributed by atoms with Gasteiger partial charge in [-0.3, -0.25) is 4.79 Å². The molecule has 1 heterocycles. The van der Waals surface area contributed by atoms with E-state index >= 15 is 0 Å². The zero-order valence-corrected chi connectivity index (χ0v) is 8.49. The monoisotopic (exact) mass is 190 g/mol. The Labute approximate surface area is 83.9 Å². The van der Waals surface area contributed by atoms with Gasteiger partial charge in [0.15, 0.2) is 5.78 Å². The molecule has 14 heavy (non-hydrogen) atoms. The van der Waals surface area contributed by atoms with Crippen LogP contribution in [-0.4, -0.2) is 12.4 Å². The van der Waals surface area contributed by atoms with Crippen molar-refractivity contribution in [1.29, 1.82) is 0 Å². The summed E-state index contributed by atoms with van der Waals surface area (Å²) in [5.41, 5.74) is 2.27. The molecule has 74 valence electrons. The van der Waals surface area contributed by atoms with Crippen LogP contribution in [0.2, 0.25) is 0 Å². The number of hydrogen-bond acceptors (Lipinski definition) is 2. The zero-order valence-electron chi connectivity index (χ0n) is 8.49. The van der Waals surface area contributed by atoms with Gasteiger partial charge >= 0.3 is 0 Å². The first-order valence-corrected chi connectivity index (χ1v) is 4.92. The summed E-state index contributed by atoms with van der Waals surface area (Å²) in [6, 6.07) is 8.10. The molecule has 0 bridgehead atoms. The maximum Gasteiger partial charge on any atom is 0.191 e. The van der Waals surface area contributed by atoms with Gasteiger partial charge in [-0.1, -0.05) is 38.1 Å². The highest BCUT2D eigenvalue weighted by molar-refractivity contribution is 5.89. The third kappa shape index (κ3) is 1.58. The Balaban J connectivity index is 2.17. The fraction of sp³-hybridized carbons (Fsp3) is 0.417. The summed E-state index contributed by atoms with van der Waals surface area (Å²) in [7, 11) is 0. The van der Waals surface area contributed by atoms with E-state index in [0.717, 1.165) is 5.56 Å². The van der Waals surface area contributed by atoms with E-state index in [2.05, 4.69) is 26.0 Å². The van der Waals surface area contributed by atoms with Crippen molar-refractivity contribution in [3.8, 4) is 0 Å². The van der Waals surface area contributed by atoms with Crippen molar-refractivity contribution < 1.29 is 9.53 Å². The Bertz CT molecular complexity index is 338. The van der Waals surface area contributed by atoms with Crippen molar-refractivity contribution in [3.05, 3.63) is 35.4 Å². The average Bonchev–Trinajstić information content (AvgIpc) is 2.16. The summed E-state index contributed by atoms with van der Waals surface area (Å²) < 4.78 is 5.18. The molecule has 1 aromatic rings. The van der Waals surface area contributed by atoms with E-state index in [1.54, 1.807) is 0 Å². The van der Waals surface area contributed by atoms with E-state index < -0.39 is 0 Å². The molecule has 0 amide bonds. The highest BCUT2D eigenvalue weighted by Crippen LogP contribution is 2.27. The number of carbonyl (C=O) groups is 1. The molecule has 2 rings (SSSR count). The summed E-state index contributed by atoms with van der Waals surface area (Å²) in [6.45, 7) is 4.58. The van der Waals surface area contributed by atoms with Gasteiger partial charge in [0.1, 0.15) is 12.7 Å². The zero-order chi connectivity index (χ0) is 10.1. The first-order valence-electron chi connectivity index (χ1n) is 4.92. The summed E-state index contributed by atoms with van der Waals surface area (Å²) in [4.78, 5) is 11.1. The molecule has 2 nitrogen and oxygen atoms in total. The number of Topliss-reactive ketones (excluding diaryl/α,β-unsaturated/α-hetero) is 1. The fourth-order valence-electron chi connectivity index (χ4n) is 1.57. The Morgan fingerprint density at radius 3 is 2.29 bits per heavy atom. The molecule has 0 radical (unpaired) electrons. The fourth-order valence-corrected chi connectivity index (χ4v) is 1.57. The van der Waals surface area contributed by atoms with Gasteiger partial charge in [0.05, 0.1) is 0 Å². The molecule has 1 aromatic carbocycles. The Morgan fingerprint density at radius 2 is 1.93 bits per heavy atom. The summed E-state index contributed by atoms with van der Waals surface area (Å²) in [5, 5.41) is 0. The highest BCUT2D eigenvalue weighted by atomic mass is 16.5. The lowest BCUT2D eigenvalue weighted by atomic mass is 9.97. The van der Waals surface area contributed by atoms with Crippen LogP contribution in [0, 0.1) is 0 Å². The van der Waals surface area contributed by atoms with Crippen LogP contribution < -0.4 is 0 Å². The number of ether oxygens (including phenoxy) is 1. The van der Waals surface area contributed by atoms with Crippen LogP contribution in [0.4, 0.5) is 0 Å². The van der Waals surface area contributed by atoms with Crippen molar-refractivity contribution in [1.82, 2.24) is 0 Å². The molecule has 1 atom stereocenters. The summed E-state index contributed by atoms with van der Waals surface area (Å²) in [5.74, 6) is 0.712. The lowest BCUT2D eigenvalue weighted by Gasteiger charge is -2.25. The largest absolute Gasteiger partial charge is 0.358 e. The molecule has 0 spiro atoms. The molecular weight excluding hydrogens is 176 g/mol. The smallest absolute Gasteiger partial charge is 0.191 e. The molecule has 1 fully saturated rings. The average molecular weight is 190 g/mol. The van der Waals surface area contributed by atoms with E-state index in [1.165, 1.54) is 5.56 Å². The second kappa shape index (κ2) is 3.54. The lowest BCUT2D eigenvalue weighted by molar-refractivity contribution is -0.155. The van der Waals surface area contributed by atoms with Crippen molar-refractivity contribution in [2.75, 3.05) is 6.61 Å². The molecule has 1 aliphatic rings. The number of carbonyl (C=O) groups excluding carboxylic acids is 1. The van der Waals surface area contributed by atoms with Crippen molar-refractivity contribution >= 4 is 5.78 Å². The van der Waals surface area contributed by atoms with Crippen molar-refractivity contribution in [2.45, 2.75) is 25.9 Å². The van der Waals surface area contributed by atoms with Crippen LogP contribution in [0.15, 0.2) is 24.3 Å². The van der Waals surface area contributed by atoms with Crippen molar-refractivity contribution in [2.24, 2.45) is 0 Å². The Morgan fingerprint density at radius 1 is 1.29 bits per heavy atom. The van der Waals surface area contributed by atoms with Gasteiger partial charge in [-0.25, -0.2) is 0 Å². The third-order valence-corrected chi connectivity index (χ3v) is 2.59.